The SMILES string of the molecule is CN1c2ccccc2N(C(=O)CN)c2ccccc2S1(=O)=O. The van der Waals surface area contributed by atoms with Crippen molar-refractivity contribution in [3.05, 3.63) is 48.5 Å². The molecule has 0 saturated carbocycles. The molecule has 1 heterocycles. The van der Waals surface area contributed by atoms with Gasteiger partial charge in [-0.25, -0.2) is 8.42 Å². The first-order valence-corrected chi connectivity index (χ1v) is 8.12. The van der Waals surface area contributed by atoms with Crippen LogP contribution in [0.3, 0.4) is 0 Å². The molecule has 0 unspecified atom stereocenters. The first-order valence-electron chi connectivity index (χ1n) is 6.68. The van der Waals surface area contributed by atoms with Crippen molar-refractivity contribution in [2.24, 2.45) is 5.73 Å². The van der Waals surface area contributed by atoms with Gasteiger partial charge < -0.3 is 5.73 Å². The monoisotopic (exact) mass is 317 g/mol. The number of anilines is 3. The van der Waals surface area contributed by atoms with Crippen molar-refractivity contribution in [2.75, 3.05) is 22.8 Å². The topological polar surface area (TPSA) is 83.7 Å². The molecule has 2 N–H and O–H groups in total. The minimum absolute atomic E-state index is 0.0792. The molecular formula is C15H15N3O3S. The highest BCUT2D eigenvalue weighted by Crippen LogP contribution is 2.42. The maximum absolute atomic E-state index is 12.8. The standard InChI is InChI=1S/C15H15N3O3S/c1-17-11-6-2-3-7-12(11)18(15(19)10-16)13-8-4-5-9-14(13)22(17,20)21/h2-9H,10,16H2,1H3. The summed E-state index contributed by atoms with van der Waals surface area (Å²) in [4.78, 5) is 13.8. The Morgan fingerprint density at radius 2 is 1.55 bits per heavy atom. The van der Waals surface area contributed by atoms with Crippen molar-refractivity contribution in [3.63, 3.8) is 0 Å². The predicted octanol–water partition coefficient (Wildman–Crippen LogP) is 1.45. The third-order valence-electron chi connectivity index (χ3n) is 3.63. The van der Waals surface area contributed by atoms with E-state index in [2.05, 4.69) is 0 Å². The van der Waals surface area contributed by atoms with Gasteiger partial charge in [0.2, 0.25) is 5.91 Å². The summed E-state index contributed by atoms with van der Waals surface area (Å²) in [6.45, 7) is -0.216. The zero-order chi connectivity index (χ0) is 15.9. The van der Waals surface area contributed by atoms with Gasteiger partial charge in [-0.2, -0.15) is 0 Å². The number of para-hydroxylation sites is 3. The van der Waals surface area contributed by atoms with Gasteiger partial charge >= 0.3 is 0 Å². The van der Waals surface area contributed by atoms with Crippen LogP contribution in [-0.2, 0) is 14.8 Å². The molecule has 1 amide bonds. The minimum atomic E-state index is -3.75. The maximum atomic E-state index is 12.8. The summed E-state index contributed by atoms with van der Waals surface area (Å²) >= 11 is 0. The molecule has 0 aliphatic carbocycles. The summed E-state index contributed by atoms with van der Waals surface area (Å²) in [6.07, 6.45) is 0. The highest BCUT2D eigenvalue weighted by Gasteiger charge is 2.35. The van der Waals surface area contributed by atoms with E-state index in [1.54, 1.807) is 42.5 Å². The van der Waals surface area contributed by atoms with Crippen molar-refractivity contribution in [3.8, 4) is 0 Å². The molecule has 1 aliphatic heterocycles. The Morgan fingerprint density at radius 1 is 1.00 bits per heavy atom. The fourth-order valence-electron chi connectivity index (χ4n) is 2.55. The Labute approximate surface area is 128 Å². The summed E-state index contributed by atoms with van der Waals surface area (Å²) in [5, 5.41) is 0. The molecule has 2 aromatic carbocycles. The van der Waals surface area contributed by atoms with Crippen LogP contribution in [0.5, 0.6) is 0 Å². The van der Waals surface area contributed by atoms with Crippen LogP contribution in [0.25, 0.3) is 0 Å². The van der Waals surface area contributed by atoms with Crippen molar-refractivity contribution in [1.82, 2.24) is 0 Å². The van der Waals surface area contributed by atoms with Gasteiger partial charge in [0.05, 0.1) is 23.6 Å². The zero-order valence-corrected chi connectivity index (χ0v) is 12.7. The van der Waals surface area contributed by atoms with Gasteiger partial charge in [-0.1, -0.05) is 24.3 Å². The largest absolute Gasteiger partial charge is 0.322 e. The molecule has 114 valence electrons. The average Bonchev–Trinajstić information content (AvgIpc) is 2.61. The number of rotatable bonds is 1. The number of carbonyl (C=O) groups excluding carboxylic acids is 1. The highest BCUT2D eigenvalue weighted by atomic mass is 32.2. The van der Waals surface area contributed by atoms with Crippen molar-refractivity contribution < 1.29 is 13.2 Å². The number of hydrogen-bond acceptors (Lipinski definition) is 4. The van der Waals surface area contributed by atoms with Gasteiger partial charge in [-0.05, 0) is 24.3 Å². The van der Waals surface area contributed by atoms with Crippen LogP contribution in [0.2, 0.25) is 0 Å². The van der Waals surface area contributed by atoms with Gasteiger partial charge in [-0.15, -0.1) is 0 Å². The van der Waals surface area contributed by atoms with E-state index in [9.17, 15) is 13.2 Å². The average molecular weight is 317 g/mol. The number of nitrogens with two attached hydrogens (primary N) is 1. The van der Waals surface area contributed by atoms with Crippen molar-refractivity contribution in [2.45, 2.75) is 4.90 Å². The molecule has 0 bridgehead atoms. The predicted molar refractivity (Wildman–Crippen MR) is 84.7 cm³/mol. The third-order valence-corrected chi connectivity index (χ3v) is 5.45. The van der Waals surface area contributed by atoms with Crippen LogP contribution >= 0.6 is 0 Å². The molecular weight excluding hydrogens is 302 g/mol. The van der Waals surface area contributed by atoms with Crippen LogP contribution in [0.4, 0.5) is 17.1 Å². The van der Waals surface area contributed by atoms with Crippen LogP contribution in [0.1, 0.15) is 0 Å². The lowest BCUT2D eigenvalue weighted by molar-refractivity contribution is -0.116. The summed E-state index contributed by atoms with van der Waals surface area (Å²) < 4.78 is 26.8. The number of nitrogens with zero attached hydrogens (tertiary/aromatic N) is 2. The fraction of sp³-hybridized carbons (Fsp3) is 0.133. The van der Waals surface area contributed by atoms with Crippen LogP contribution in [0, 0.1) is 0 Å². The lowest BCUT2D eigenvalue weighted by atomic mass is 10.2. The molecule has 0 radical (unpaired) electrons. The Kier molecular flexibility index (Phi) is 3.38. The molecule has 2 aromatic rings. The van der Waals surface area contributed by atoms with Gasteiger partial charge in [0, 0.05) is 7.05 Å². The second kappa shape index (κ2) is 5.11. The van der Waals surface area contributed by atoms with E-state index >= 15 is 0 Å². The highest BCUT2D eigenvalue weighted by molar-refractivity contribution is 7.93. The Hall–Kier alpha value is -2.38. The minimum Gasteiger partial charge on any atom is -0.322 e. The quantitative estimate of drug-likeness (QED) is 0.863. The van der Waals surface area contributed by atoms with Crippen LogP contribution < -0.4 is 14.9 Å². The number of benzene rings is 2. The number of amides is 1. The van der Waals surface area contributed by atoms with E-state index in [4.69, 9.17) is 5.73 Å². The van der Waals surface area contributed by atoms with E-state index in [0.29, 0.717) is 17.1 Å². The molecule has 0 spiro atoms. The second-order valence-electron chi connectivity index (χ2n) is 4.86. The molecule has 0 saturated heterocycles. The first kappa shape index (κ1) is 14.6. The lowest BCUT2D eigenvalue weighted by Gasteiger charge is -2.23. The van der Waals surface area contributed by atoms with E-state index in [1.807, 2.05) is 0 Å². The number of sulfonamides is 1. The third kappa shape index (κ3) is 1.98. The van der Waals surface area contributed by atoms with Crippen LogP contribution in [0.15, 0.2) is 53.4 Å². The second-order valence-corrected chi connectivity index (χ2v) is 6.80. The number of carbonyl (C=O) groups is 1. The molecule has 6 nitrogen and oxygen atoms in total. The normalized spacial score (nSPS) is 15.7. The zero-order valence-electron chi connectivity index (χ0n) is 11.9. The smallest absolute Gasteiger partial charge is 0.266 e. The molecule has 0 atom stereocenters. The van der Waals surface area contributed by atoms with Gasteiger partial charge in [-0.3, -0.25) is 14.0 Å². The molecule has 22 heavy (non-hydrogen) atoms. The summed E-state index contributed by atoms with van der Waals surface area (Å²) in [6, 6.07) is 13.3. The van der Waals surface area contributed by atoms with Gasteiger partial charge in [0.15, 0.2) is 0 Å². The number of fused-ring (bicyclic) bond motifs is 2. The van der Waals surface area contributed by atoms with Crippen molar-refractivity contribution >= 4 is 33.0 Å². The summed E-state index contributed by atoms with van der Waals surface area (Å²) in [5.41, 5.74) is 6.76. The summed E-state index contributed by atoms with van der Waals surface area (Å²) in [7, 11) is -2.27. The van der Waals surface area contributed by atoms with Crippen LogP contribution in [-0.4, -0.2) is 27.9 Å². The van der Waals surface area contributed by atoms with Crippen molar-refractivity contribution in [1.29, 1.82) is 0 Å². The Bertz CT molecular complexity index is 849. The number of hydrogen-bond donors (Lipinski definition) is 1. The molecule has 1 aliphatic rings. The molecule has 7 heteroatoms. The molecule has 0 aromatic heterocycles. The summed E-state index contributed by atoms with van der Waals surface area (Å²) in [5.74, 6) is -0.370. The first-order chi connectivity index (χ1) is 10.5. The Balaban J connectivity index is 2.43. The lowest BCUT2D eigenvalue weighted by Crippen LogP contribution is -2.32. The van der Waals surface area contributed by atoms with E-state index < -0.39 is 10.0 Å². The van der Waals surface area contributed by atoms with E-state index in [1.165, 1.54) is 22.3 Å². The van der Waals surface area contributed by atoms with E-state index in [0.717, 1.165) is 0 Å². The Morgan fingerprint density at radius 3 is 2.18 bits per heavy atom. The molecule has 3 rings (SSSR count). The maximum Gasteiger partial charge on any atom is 0.266 e. The molecule has 0 fully saturated rings. The van der Waals surface area contributed by atoms with Gasteiger partial charge in [0.1, 0.15) is 4.90 Å². The van der Waals surface area contributed by atoms with E-state index in [-0.39, 0.29) is 17.3 Å². The van der Waals surface area contributed by atoms with Gasteiger partial charge in [0.25, 0.3) is 10.0 Å². The fourth-order valence-corrected chi connectivity index (χ4v) is 3.93.